The highest BCUT2D eigenvalue weighted by atomic mass is 19.4. The van der Waals surface area contributed by atoms with E-state index >= 15 is 0 Å². The van der Waals surface area contributed by atoms with Crippen LogP contribution in [0.15, 0.2) is 71.8 Å². The normalized spacial score (nSPS) is 13.6. The van der Waals surface area contributed by atoms with Gasteiger partial charge >= 0.3 is 38.2 Å². The van der Waals surface area contributed by atoms with E-state index in [1.165, 1.54) is 24.3 Å². The van der Waals surface area contributed by atoms with E-state index in [4.69, 9.17) is 0 Å². The monoisotopic (exact) mass is 984 g/mol. The molecule has 68 heavy (non-hydrogen) atoms. The van der Waals surface area contributed by atoms with E-state index in [2.05, 4.69) is 28.4 Å². The molecule has 0 amide bonds. The molecule has 2 aliphatic carbocycles. The van der Waals surface area contributed by atoms with Crippen LogP contribution in [0.3, 0.4) is 0 Å². The lowest BCUT2D eigenvalue weighted by Crippen LogP contribution is -2.24. The van der Waals surface area contributed by atoms with Crippen molar-refractivity contribution in [1.29, 1.82) is 21.0 Å². The van der Waals surface area contributed by atoms with E-state index in [9.17, 15) is 100 Å². The first-order valence-corrected chi connectivity index (χ1v) is 17.3. The van der Waals surface area contributed by atoms with Gasteiger partial charge in [-0.05, 0) is 57.6 Å². The summed E-state index contributed by atoms with van der Waals surface area (Å²) < 4.78 is 265. The molecule has 0 saturated heterocycles. The molecule has 0 bridgehead atoms. The van der Waals surface area contributed by atoms with Gasteiger partial charge in [-0.1, -0.05) is 36.4 Å². The molecule has 6 rings (SSSR count). The Kier molecular flexibility index (Phi) is 12.1. The third kappa shape index (κ3) is 10.3. The molecule has 28 heteroatoms. The van der Waals surface area contributed by atoms with Gasteiger partial charge in [-0.3, -0.25) is 0 Å². The van der Waals surface area contributed by atoms with E-state index in [0.717, 1.165) is 36.4 Å². The fourth-order valence-corrected chi connectivity index (χ4v) is 7.05. The van der Waals surface area contributed by atoms with Crippen LogP contribution < -0.4 is 28.4 Å². The van der Waals surface area contributed by atoms with Crippen molar-refractivity contribution in [1.82, 2.24) is 0 Å². The van der Waals surface area contributed by atoms with Crippen LogP contribution in [0, 0.1) is 45.3 Å². The van der Waals surface area contributed by atoms with Crippen molar-refractivity contribution in [3.05, 3.63) is 94.1 Å². The number of nitrogens with zero attached hydrogens (tertiary/aromatic N) is 4. The smallest absolute Gasteiger partial charge is 0.402 e. The van der Waals surface area contributed by atoms with Gasteiger partial charge in [0, 0.05) is 33.4 Å². The van der Waals surface area contributed by atoms with Crippen LogP contribution in [0.4, 0.5) is 79.0 Å². The Morgan fingerprint density at radius 2 is 0.588 bits per heavy atom. The Balaban J connectivity index is 1.73. The van der Waals surface area contributed by atoms with Gasteiger partial charge in [-0.25, -0.2) is 0 Å². The summed E-state index contributed by atoms with van der Waals surface area (Å²) in [7, 11) is 0. The molecular formula is C40H10F18N4O6. The molecule has 4 aromatic carbocycles. The van der Waals surface area contributed by atoms with Gasteiger partial charge in [0.2, 0.25) is 11.5 Å². The average molecular weight is 985 g/mol. The van der Waals surface area contributed by atoms with Crippen LogP contribution in [0.5, 0.6) is 34.5 Å². The predicted octanol–water partition coefficient (Wildman–Crippen LogP) is 13.0. The molecule has 2 aliphatic rings. The Bertz CT molecular complexity index is 2730. The van der Waals surface area contributed by atoms with Crippen molar-refractivity contribution in [2.24, 2.45) is 0 Å². The number of ether oxygens (including phenoxy) is 6. The second-order valence-electron chi connectivity index (χ2n) is 13.0. The lowest BCUT2D eigenvalue weighted by Gasteiger charge is -2.22. The topological polar surface area (TPSA) is 151 Å². The largest absolute Gasteiger partial charge is 0.573 e. The number of allylic oxidation sites excluding steroid dienone is 6. The number of alkyl halides is 18. The quantitative estimate of drug-likeness (QED) is 0.123. The lowest BCUT2D eigenvalue weighted by molar-refractivity contribution is -0.293. The molecule has 0 saturated carbocycles. The van der Waals surface area contributed by atoms with Crippen molar-refractivity contribution in [3.8, 4) is 81.0 Å². The standard InChI is InChI=1S/C40H10F18N4O6/c41-35(42,43)63-23-7-15(8-24(64-36(44,45)46)33(23)67-39(53,54)55)19-3-1-5-21-29(19)27(17(11-59)12-60)32-22-6-2-4-20(30(22)28(31(21)32)18(13-61)14-62)16-9-25(65-37(47,48)49)34(68-40(56,57)58)26(10-16)66-38(50,51)52/h1-10H. The molecule has 0 aliphatic heterocycles. The summed E-state index contributed by atoms with van der Waals surface area (Å²) in [4.78, 5) is 0. The van der Waals surface area contributed by atoms with Crippen LogP contribution in [0.1, 0.15) is 22.3 Å². The first-order valence-electron chi connectivity index (χ1n) is 17.3. The van der Waals surface area contributed by atoms with Crippen LogP contribution >= 0.6 is 0 Å². The summed E-state index contributed by atoms with van der Waals surface area (Å²) in [6.07, 6.45) is -35.8. The van der Waals surface area contributed by atoms with Crippen LogP contribution in [0.2, 0.25) is 0 Å². The molecule has 0 aromatic heterocycles. The molecule has 352 valence electrons. The van der Waals surface area contributed by atoms with E-state index in [1.54, 1.807) is 0 Å². The van der Waals surface area contributed by atoms with E-state index in [0.29, 0.717) is 0 Å². The number of hydrogen-bond acceptors (Lipinski definition) is 10. The maximum atomic E-state index is 13.6. The van der Waals surface area contributed by atoms with Gasteiger partial charge in [0.15, 0.2) is 23.0 Å². The third-order valence-electron chi connectivity index (χ3n) is 8.87. The zero-order chi connectivity index (χ0) is 50.7. The third-order valence-corrected chi connectivity index (χ3v) is 8.87. The number of nitriles is 4. The number of fused-ring (bicyclic) bond motifs is 4. The molecule has 4 aromatic rings. The van der Waals surface area contributed by atoms with Crippen LogP contribution in [-0.4, -0.2) is 38.2 Å². The van der Waals surface area contributed by atoms with Crippen molar-refractivity contribution >= 4 is 22.3 Å². The lowest BCUT2D eigenvalue weighted by atomic mass is 9.83. The first-order chi connectivity index (χ1) is 31.3. The Hall–Kier alpha value is -8.40. The maximum Gasteiger partial charge on any atom is 0.573 e. The minimum atomic E-state index is -6.00. The molecule has 0 N–H and O–H groups in total. The Morgan fingerprint density at radius 3 is 0.809 bits per heavy atom. The molecule has 0 radical (unpaired) electrons. The second-order valence-corrected chi connectivity index (χ2v) is 13.0. The average Bonchev–Trinajstić information content (AvgIpc) is 3.68. The molecule has 0 heterocycles. The SMILES string of the molecule is N#CC(C#N)=C1C2=C(C(=C(C#N)C#N)c3c2cccc3-c2cc(OC(F)(F)F)c(OC(F)(F)F)c(OC(F)(F)F)c2)c2cccc(-c3cc(OC(F)(F)F)c(OC(F)(F)F)c(OC(F)(F)F)c3)c21. The van der Waals surface area contributed by atoms with Gasteiger partial charge in [-0.15, -0.1) is 79.0 Å². The minimum absolute atomic E-state index is 0.0824. The predicted molar refractivity (Wildman–Crippen MR) is 187 cm³/mol. The number of hydrogen-bond donors (Lipinski definition) is 0. The fourth-order valence-electron chi connectivity index (χ4n) is 7.05. The summed E-state index contributed by atoms with van der Waals surface area (Å²) in [5.74, 6) is -13.0. The molecule has 0 atom stereocenters. The molecular weight excluding hydrogens is 974 g/mol. The van der Waals surface area contributed by atoms with E-state index in [1.807, 2.05) is 0 Å². The van der Waals surface area contributed by atoms with Crippen LogP contribution in [-0.2, 0) is 0 Å². The van der Waals surface area contributed by atoms with Gasteiger partial charge in [0.05, 0.1) is 0 Å². The van der Waals surface area contributed by atoms with Crippen molar-refractivity contribution in [2.45, 2.75) is 38.2 Å². The Morgan fingerprint density at radius 1 is 0.353 bits per heavy atom. The summed E-state index contributed by atoms with van der Waals surface area (Å²) in [5, 5.41) is 40.8. The summed E-state index contributed by atoms with van der Waals surface area (Å²) in [6, 6.07) is 12.0. The summed E-state index contributed by atoms with van der Waals surface area (Å²) >= 11 is 0. The minimum Gasteiger partial charge on any atom is -0.402 e. The van der Waals surface area contributed by atoms with Crippen molar-refractivity contribution in [2.75, 3.05) is 0 Å². The number of halogens is 18. The van der Waals surface area contributed by atoms with Gasteiger partial charge in [0.25, 0.3) is 0 Å². The number of benzene rings is 4. The molecule has 0 unspecified atom stereocenters. The van der Waals surface area contributed by atoms with Crippen LogP contribution in [0.25, 0.3) is 44.5 Å². The molecule has 10 nitrogen and oxygen atoms in total. The van der Waals surface area contributed by atoms with Gasteiger partial charge in [-0.2, -0.15) is 21.0 Å². The first kappa shape index (κ1) is 49.0. The maximum absolute atomic E-state index is 13.6. The highest BCUT2D eigenvalue weighted by Gasteiger charge is 2.46. The Labute approximate surface area is 364 Å². The molecule has 0 fully saturated rings. The summed E-state index contributed by atoms with van der Waals surface area (Å²) in [6.45, 7) is 0. The van der Waals surface area contributed by atoms with Gasteiger partial charge in [0.1, 0.15) is 35.4 Å². The highest BCUT2D eigenvalue weighted by Crippen LogP contribution is 2.63. The highest BCUT2D eigenvalue weighted by molar-refractivity contribution is 6.39. The zero-order valence-electron chi connectivity index (χ0n) is 31.8. The number of rotatable bonds is 8. The van der Waals surface area contributed by atoms with E-state index in [-0.39, 0.29) is 24.3 Å². The summed E-state index contributed by atoms with van der Waals surface area (Å²) in [5.41, 5.74) is -9.35. The zero-order valence-corrected chi connectivity index (χ0v) is 31.8. The van der Waals surface area contributed by atoms with Crippen molar-refractivity contribution < 1.29 is 107 Å². The van der Waals surface area contributed by atoms with Crippen molar-refractivity contribution in [3.63, 3.8) is 0 Å². The fraction of sp³-hybridized carbons (Fsp3) is 0.150. The second kappa shape index (κ2) is 16.8. The van der Waals surface area contributed by atoms with Gasteiger partial charge < -0.3 is 28.4 Å². The van der Waals surface area contributed by atoms with E-state index < -0.39 is 151 Å². The molecule has 0 spiro atoms.